The number of rotatable bonds is 3. The summed E-state index contributed by atoms with van der Waals surface area (Å²) in [5.74, 6) is 0.502. The molecule has 0 bridgehead atoms. The summed E-state index contributed by atoms with van der Waals surface area (Å²) >= 11 is 1.62. The van der Waals surface area contributed by atoms with E-state index in [9.17, 15) is 9.90 Å². The maximum atomic E-state index is 11.7. The van der Waals surface area contributed by atoms with E-state index in [-0.39, 0.29) is 0 Å². The standard InChI is InChI=1S/C15H19N3O2S/c1-3-10-4-5-18(12(7-10)15(19)20)13-11-6-9(2)21-14(11)17-8-16-13/h6,8,10,12H,3-5,7H2,1-2H3,(H,19,20). The third-order valence-corrected chi connectivity index (χ3v) is 5.24. The summed E-state index contributed by atoms with van der Waals surface area (Å²) in [4.78, 5) is 24.4. The fraction of sp³-hybridized carbons (Fsp3) is 0.533. The second-order valence-corrected chi connectivity index (χ2v) is 6.85. The van der Waals surface area contributed by atoms with Gasteiger partial charge in [-0.25, -0.2) is 14.8 Å². The summed E-state index contributed by atoms with van der Waals surface area (Å²) < 4.78 is 0. The van der Waals surface area contributed by atoms with Crippen LogP contribution in [0.1, 0.15) is 31.1 Å². The fourth-order valence-corrected chi connectivity index (χ4v) is 3.93. The molecular weight excluding hydrogens is 286 g/mol. The van der Waals surface area contributed by atoms with Gasteiger partial charge in [0, 0.05) is 11.4 Å². The molecule has 1 aliphatic rings. The molecule has 0 amide bonds. The Morgan fingerprint density at radius 2 is 2.33 bits per heavy atom. The molecule has 0 aliphatic carbocycles. The Bertz CT molecular complexity index is 670. The molecule has 1 saturated heterocycles. The lowest BCUT2D eigenvalue weighted by molar-refractivity contribution is -0.139. The van der Waals surface area contributed by atoms with Crippen LogP contribution in [0.3, 0.4) is 0 Å². The van der Waals surface area contributed by atoms with E-state index in [0.717, 1.165) is 35.4 Å². The van der Waals surface area contributed by atoms with Crippen molar-refractivity contribution in [2.24, 2.45) is 5.92 Å². The third kappa shape index (κ3) is 2.60. The van der Waals surface area contributed by atoms with Crippen LogP contribution in [0.15, 0.2) is 12.4 Å². The molecule has 112 valence electrons. The van der Waals surface area contributed by atoms with Crippen LogP contribution >= 0.6 is 11.3 Å². The van der Waals surface area contributed by atoms with Crippen molar-refractivity contribution in [2.45, 2.75) is 39.2 Å². The van der Waals surface area contributed by atoms with Crippen molar-refractivity contribution in [3.05, 3.63) is 17.3 Å². The van der Waals surface area contributed by atoms with Crippen LogP contribution < -0.4 is 4.90 Å². The van der Waals surface area contributed by atoms with Gasteiger partial charge in [0.25, 0.3) is 0 Å². The normalized spacial score (nSPS) is 22.7. The van der Waals surface area contributed by atoms with Crippen LogP contribution in [-0.4, -0.2) is 33.6 Å². The van der Waals surface area contributed by atoms with Crippen molar-refractivity contribution in [1.82, 2.24) is 9.97 Å². The van der Waals surface area contributed by atoms with E-state index in [1.54, 1.807) is 17.7 Å². The van der Waals surface area contributed by atoms with E-state index >= 15 is 0 Å². The van der Waals surface area contributed by atoms with Crippen LogP contribution in [0, 0.1) is 12.8 Å². The molecule has 1 aliphatic heterocycles. The molecule has 2 aromatic heterocycles. The van der Waals surface area contributed by atoms with Crippen molar-refractivity contribution < 1.29 is 9.90 Å². The van der Waals surface area contributed by atoms with E-state index in [1.807, 2.05) is 11.8 Å². The first kappa shape index (κ1) is 14.3. The predicted octanol–water partition coefficient (Wildman–Crippen LogP) is 3.08. The molecule has 1 fully saturated rings. The van der Waals surface area contributed by atoms with Crippen LogP contribution in [0.2, 0.25) is 0 Å². The van der Waals surface area contributed by atoms with Gasteiger partial charge in [-0.2, -0.15) is 0 Å². The van der Waals surface area contributed by atoms with Gasteiger partial charge >= 0.3 is 5.97 Å². The number of piperidine rings is 1. The number of anilines is 1. The zero-order valence-corrected chi connectivity index (χ0v) is 13.1. The summed E-state index contributed by atoms with van der Waals surface area (Å²) in [5.41, 5.74) is 0. The number of thiophene rings is 1. The highest BCUT2D eigenvalue weighted by atomic mass is 32.1. The van der Waals surface area contributed by atoms with Crippen molar-refractivity contribution >= 4 is 33.3 Å². The van der Waals surface area contributed by atoms with E-state index in [2.05, 4.69) is 23.0 Å². The Morgan fingerprint density at radius 1 is 1.52 bits per heavy atom. The molecule has 3 rings (SSSR count). The number of carboxylic acid groups (broad SMARTS) is 1. The SMILES string of the molecule is CCC1CCN(c2ncnc3sc(C)cc23)C(C(=O)O)C1. The summed E-state index contributed by atoms with van der Waals surface area (Å²) in [6.07, 6.45) is 4.29. The molecule has 2 unspecified atom stereocenters. The maximum Gasteiger partial charge on any atom is 0.326 e. The van der Waals surface area contributed by atoms with Gasteiger partial charge < -0.3 is 10.0 Å². The molecule has 0 saturated carbocycles. The van der Waals surface area contributed by atoms with Crippen LogP contribution in [0.4, 0.5) is 5.82 Å². The Kier molecular flexibility index (Phi) is 3.80. The number of hydrogen-bond donors (Lipinski definition) is 1. The minimum Gasteiger partial charge on any atom is -0.480 e. The Hall–Kier alpha value is -1.69. The van der Waals surface area contributed by atoms with Gasteiger partial charge in [-0.15, -0.1) is 11.3 Å². The van der Waals surface area contributed by atoms with Crippen molar-refractivity contribution in [1.29, 1.82) is 0 Å². The van der Waals surface area contributed by atoms with E-state index in [4.69, 9.17) is 0 Å². The van der Waals surface area contributed by atoms with Gasteiger partial charge in [0.05, 0.1) is 5.39 Å². The predicted molar refractivity (Wildman–Crippen MR) is 83.9 cm³/mol. The minimum atomic E-state index is -0.758. The van der Waals surface area contributed by atoms with Gasteiger partial charge in [-0.1, -0.05) is 13.3 Å². The molecule has 1 N–H and O–H groups in total. The van der Waals surface area contributed by atoms with Crippen LogP contribution in [0.25, 0.3) is 10.2 Å². The zero-order chi connectivity index (χ0) is 15.0. The first-order valence-corrected chi connectivity index (χ1v) is 8.12. The van der Waals surface area contributed by atoms with Gasteiger partial charge in [0.2, 0.25) is 0 Å². The molecule has 2 atom stereocenters. The van der Waals surface area contributed by atoms with E-state index < -0.39 is 12.0 Å². The molecule has 6 heteroatoms. The number of nitrogens with zero attached hydrogens (tertiary/aromatic N) is 3. The fourth-order valence-electron chi connectivity index (χ4n) is 3.09. The van der Waals surface area contributed by atoms with Gasteiger partial charge in [-0.05, 0) is 31.7 Å². The Balaban J connectivity index is 2.02. The number of hydrogen-bond acceptors (Lipinski definition) is 5. The van der Waals surface area contributed by atoms with Crippen LogP contribution in [0.5, 0.6) is 0 Å². The zero-order valence-electron chi connectivity index (χ0n) is 12.2. The van der Waals surface area contributed by atoms with Crippen molar-refractivity contribution in [2.75, 3.05) is 11.4 Å². The van der Waals surface area contributed by atoms with Crippen molar-refractivity contribution in [3.63, 3.8) is 0 Å². The average molecular weight is 305 g/mol. The first-order valence-electron chi connectivity index (χ1n) is 7.30. The summed E-state index contributed by atoms with van der Waals surface area (Å²) in [7, 11) is 0. The van der Waals surface area contributed by atoms with Gasteiger partial charge in [0.1, 0.15) is 23.0 Å². The number of fused-ring (bicyclic) bond motifs is 1. The number of carboxylic acids is 1. The maximum absolute atomic E-state index is 11.7. The van der Waals surface area contributed by atoms with Crippen molar-refractivity contribution in [3.8, 4) is 0 Å². The molecule has 0 radical (unpaired) electrons. The van der Waals surface area contributed by atoms with E-state index in [0.29, 0.717) is 12.3 Å². The van der Waals surface area contributed by atoms with E-state index in [1.165, 1.54) is 4.88 Å². The molecule has 2 aromatic rings. The Labute approximate surface area is 127 Å². The highest BCUT2D eigenvalue weighted by Crippen LogP contribution is 2.34. The third-order valence-electron chi connectivity index (χ3n) is 4.28. The molecular formula is C15H19N3O2S. The molecule has 3 heterocycles. The average Bonchev–Trinajstić information content (AvgIpc) is 2.86. The molecule has 5 nitrogen and oxygen atoms in total. The van der Waals surface area contributed by atoms with Crippen LogP contribution in [-0.2, 0) is 4.79 Å². The number of carbonyl (C=O) groups is 1. The lowest BCUT2D eigenvalue weighted by Gasteiger charge is -2.37. The second kappa shape index (κ2) is 5.60. The lowest BCUT2D eigenvalue weighted by Crippen LogP contribution is -2.47. The number of aromatic nitrogens is 2. The highest BCUT2D eigenvalue weighted by molar-refractivity contribution is 7.18. The molecule has 0 aromatic carbocycles. The topological polar surface area (TPSA) is 66.3 Å². The molecule has 0 spiro atoms. The van der Waals surface area contributed by atoms with Gasteiger partial charge in [-0.3, -0.25) is 0 Å². The number of aliphatic carboxylic acids is 1. The minimum absolute atomic E-state index is 0.484. The quantitative estimate of drug-likeness (QED) is 0.944. The first-order chi connectivity index (χ1) is 10.1. The lowest BCUT2D eigenvalue weighted by atomic mass is 9.89. The monoisotopic (exact) mass is 305 g/mol. The second-order valence-electron chi connectivity index (χ2n) is 5.62. The largest absolute Gasteiger partial charge is 0.480 e. The number of aryl methyl sites for hydroxylation is 1. The Morgan fingerprint density at radius 3 is 3.05 bits per heavy atom. The summed E-state index contributed by atoms with van der Waals surface area (Å²) in [6, 6.07) is 1.57. The molecule has 21 heavy (non-hydrogen) atoms. The smallest absolute Gasteiger partial charge is 0.326 e. The summed E-state index contributed by atoms with van der Waals surface area (Å²) in [5, 5.41) is 10.6. The highest BCUT2D eigenvalue weighted by Gasteiger charge is 2.34. The van der Waals surface area contributed by atoms with Gasteiger partial charge in [0.15, 0.2) is 0 Å². The summed E-state index contributed by atoms with van der Waals surface area (Å²) in [6.45, 7) is 4.91.